The third-order valence-corrected chi connectivity index (χ3v) is 8.13. The average molecular weight is 514 g/mol. The minimum atomic E-state index is -0.850. The van der Waals surface area contributed by atoms with E-state index < -0.39 is 11.3 Å². The van der Waals surface area contributed by atoms with Gasteiger partial charge in [0, 0.05) is 44.6 Å². The van der Waals surface area contributed by atoms with E-state index in [4.69, 9.17) is 10.5 Å². The largest absolute Gasteiger partial charge is 0.379 e. The Morgan fingerprint density at radius 3 is 2.08 bits per heavy atom. The summed E-state index contributed by atoms with van der Waals surface area (Å²) in [5, 5.41) is 3.78. The van der Waals surface area contributed by atoms with Gasteiger partial charge < -0.3 is 20.7 Å². The summed E-state index contributed by atoms with van der Waals surface area (Å²) in [7, 11) is 5.37. The quantitative estimate of drug-likeness (QED) is 0.452. The maximum absolute atomic E-state index is 14.0. The third kappa shape index (κ3) is 4.98. The number of benzene rings is 3. The number of likely N-dealkylation sites (N-methyl/N-ethyl adjacent to an activating group) is 1. The molecular formula is C32H39N3O3. The van der Waals surface area contributed by atoms with Gasteiger partial charge in [0.1, 0.15) is 5.41 Å². The number of methoxy groups -OCH3 is 1. The highest BCUT2D eigenvalue weighted by Crippen LogP contribution is 2.40. The lowest BCUT2D eigenvalue weighted by Crippen LogP contribution is -2.57. The molecule has 0 heterocycles. The molecule has 3 aromatic carbocycles. The van der Waals surface area contributed by atoms with Crippen molar-refractivity contribution in [1.29, 1.82) is 0 Å². The predicted molar refractivity (Wildman–Crippen MR) is 151 cm³/mol. The lowest BCUT2D eigenvalue weighted by molar-refractivity contribution is -0.133. The van der Waals surface area contributed by atoms with Crippen LogP contribution in [0.1, 0.15) is 52.9 Å². The van der Waals surface area contributed by atoms with Gasteiger partial charge >= 0.3 is 0 Å². The van der Waals surface area contributed by atoms with Crippen molar-refractivity contribution in [2.75, 3.05) is 27.7 Å². The standard InChI is InChI=1S/C32H39N3O3/c1-31(2)26-20-23(29(33)36)17-16-22(26)21-27(38-5)28(31)34-19-18-32(30(37)35(3)4,24-12-8-6-9-13-24)25-14-10-7-11-15-25/h6-17,20,27-28,34H,18-19,21H2,1-5H3,(H2,33,36). The Morgan fingerprint density at radius 1 is 1.00 bits per heavy atom. The topological polar surface area (TPSA) is 84.7 Å². The van der Waals surface area contributed by atoms with Gasteiger partial charge in [0.2, 0.25) is 11.8 Å². The smallest absolute Gasteiger partial charge is 0.248 e. The fourth-order valence-corrected chi connectivity index (χ4v) is 6.13. The maximum Gasteiger partial charge on any atom is 0.248 e. The maximum atomic E-state index is 14.0. The van der Waals surface area contributed by atoms with Crippen LogP contribution >= 0.6 is 0 Å². The second-order valence-electron chi connectivity index (χ2n) is 11.0. The number of ether oxygens (including phenoxy) is 1. The van der Waals surface area contributed by atoms with E-state index >= 15 is 0 Å². The first-order valence-corrected chi connectivity index (χ1v) is 13.1. The molecule has 3 aromatic rings. The van der Waals surface area contributed by atoms with E-state index in [-0.39, 0.29) is 23.5 Å². The zero-order valence-electron chi connectivity index (χ0n) is 23.0. The molecule has 0 radical (unpaired) electrons. The van der Waals surface area contributed by atoms with Crippen molar-refractivity contribution in [3.8, 4) is 0 Å². The Morgan fingerprint density at radius 2 is 1.58 bits per heavy atom. The number of nitrogens with one attached hydrogen (secondary N) is 1. The number of carbonyl (C=O) groups excluding carboxylic acids is 2. The first-order valence-electron chi connectivity index (χ1n) is 13.1. The fraction of sp³-hybridized carbons (Fsp3) is 0.375. The Bertz CT molecular complexity index is 1230. The van der Waals surface area contributed by atoms with E-state index in [1.165, 1.54) is 0 Å². The van der Waals surface area contributed by atoms with Gasteiger partial charge in [0.05, 0.1) is 6.10 Å². The third-order valence-electron chi connectivity index (χ3n) is 8.13. The van der Waals surface area contributed by atoms with Gasteiger partial charge in [-0.15, -0.1) is 0 Å². The van der Waals surface area contributed by atoms with Gasteiger partial charge in [0.15, 0.2) is 0 Å². The van der Waals surface area contributed by atoms with Crippen molar-refractivity contribution < 1.29 is 14.3 Å². The number of nitrogens with two attached hydrogens (primary N) is 1. The number of amides is 2. The Labute approximate surface area is 226 Å². The van der Waals surface area contributed by atoms with Gasteiger partial charge in [-0.25, -0.2) is 0 Å². The molecular weight excluding hydrogens is 474 g/mol. The molecule has 38 heavy (non-hydrogen) atoms. The Balaban J connectivity index is 1.70. The second kappa shape index (κ2) is 11.1. The molecule has 0 bridgehead atoms. The van der Waals surface area contributed by atoms with E-state index in [9.17, 15) is 9.59 Å². The number of carbonyl (C=O) groups is 2. The Kier molecular flexibility index (Phi) is 8.05. The van der Waals surface area contributed by atoms with E-state index in [1.807, 2.05) is 86.9 Å². The van der Waals surface area contributed by atoms with Crippen LogP contribution in [0.25, 0.3) is 0 Å². The minimum absolute atomic E-state index is 0.0400. The SMILES string of the molecule is COC1Cc2ccc(C(N)=O)cc2C(C)(C)C1NCCC(C(=O)N(C)C)(c1ccccc1)c1ccccc1. The average Bonchev–Trinajstić information content (AvgIpc) is 2.92. The van der Waals surface area contributed by atoms with Crippen molar-refractivity contribution in [2.45, 2.75) is 49.7 Å². The van der Waals surface area contributed by atoms with Crippen molar-refractivity contribution in [1.82, 2.24) is 10.2 Å². The summed E-state index contributed by atoms with van der Waals surface area (Å²) in [6.45, 7) is 4.93. The molecule has 0 saturated heterocycles. The number of nitrogens with zero attached hydrogens (tertiary/aromatic N) is 1. The van der Waals surface area contributed by atoms with Crippen LogP contribution < -0.4 is 11.1 Å². The van der Waals surface area contributed by atoms with E-state index in [1.54, 1.807) is 18.1 Å². The summed E-state index contributed by atoms with van der Waals surface area (Å²) in [5.74, 6) is -0.390. The zero-order valence-corrected chi connectivity index (χ0v) is 23.0. The van der Waals surface area contributed by atoms with Crippen LogP contribution in [0.15, 0.2) is 78.9 Å². The van der Waals surface area contributed by atoms with Crippen molar-refractivity contribution in [3.05, 3.63) is 107 Å². The van der Waals surface area contributed by atoms with Crippen LogP contribution in [0.5, 0.6) is 0 Å². The second-order valence-corrected chi connectivity index (χ2v) is 11.0. The lowest BCUT2D eigenvalue weighted by Gasteiger charge is -2.46. The van der Waals surface area contributed by atoms with E-state index in [0.717, 1.165) is 28.7 Å². The van der Waals surface area contributed by atoms with Crippen LogP contribution in [0.3, 0.4) is 0 Å². The Hall–Kier alpha value is -3.48. The molecule has 0 aliphatic heterocycles. The molecule has 3 N–H and O–H groups in total. The summed E-state index contributed by atoms with van der Waals surface area (Å²) in [6, 6.07) is 25.7. The van der Waals surface area contributed by atoms with Crippen molar-refractivity contribution in [2.24, 2.45) is 5.73 Å². The van der Waals surface area contributed by atoms with Gasteiger partial charge in [-0.2, -0.15) is 0 Å². The first kappa shape index (κ1) is 27.6. The minimum Gasteiger partial charge on any atom is -0.379 e. The van der Waals surface area contributed by atoms with E-state index in [0.29, 0.717) is 18.5 Å². The van der Waals surface area contributed by atoms with Gasteiger partial charge in [-0.3, -0.25) is 9.59 Å². The molecule has 0 aromatic heterocycles. The molecule has 2 unspecified atom stereocenters. The molecule has 1 aliphatic rings. The van der Waals surface area contributed by atoms with Crippen LogP contribution in [0, 0.1) is 0 Å². The normalized spacial score (nSPS) is 18.4. The molecule has 2 atom stereocenters. The highest BCUT2D eigenvalue weighted by Gasteiger charge is 2.45. The summed E-state index contributed by atoms with van der Waals surface area (Å²) in [4.78, 5) is 27.6. The molecule has 1 aliphatic carbocycles. The fourth-order valence-electron chi connectivity index (χ4n) is 6.13. The summed E-state index contributed by atoms with van der Waals surface area (Å²) >= 11 is 0. The number of rotatable bonds is 9. The number of hydrogen-bond donors (Lipinski definition) is 2. The van der Waals surface area contributed by atoms with Gasteiger partial charge in [0.25, 0.3) is 0 Å². The van der Waals surface area contributed by atoms with Gasteiger partial charge in [-0.05, 0) is 47.4 Å². The van der Waals surface area contributed by atoms with E-state index in [2.05, 4.69) is 19.2 Å². The summed E-state index contributed by atoms with van der Waals surface area (Å²) < 4.78 is 5.98. The molecule has 6 heteroatoms. The van der Waals surface area contributed by atoms with Crippen LogP contribution in [0.4, 0.5) is 0 Å². The summed E-state index contributed by atoms with van der Waals surface area (Å²) in [5.41, 5.74) is 9.11. The van der Waals surface area contributed by atoms with Crippen LogP contribution in [-0.4, -0.2) is 56.6 Å². The van der Waals surface area contributed by atoms with Crippen LogP contribution in [-0.2, 0) is 26.8 Å². The zero-order chi connectivity index (χ0) is 27.5. The number of hydrogen-bond acceptors (Lipinski definition) is 4. The molecule has 0 saturated carbocycles. The molecule has 4 rings (SSSR count). The highest BCUT2D eigenvalue weighted by molar-refractivity contribution is 5.93. The number of fused-ring (bicyclic) bond motifs is 1. The monoisotopic (exact) mass is 513 g/mol. The molecule has 0 spiro atoms. The lowest BCUT2D eigenvalue weighted by atomic mass is 9.67. The molecule has 200 valence electrons. The van der Waals surface area contributed by atoms with Crippen molar-refractivity contribution >= 4 is 11.8 Å². The van der Waals surface area contributed by atoms with Crippen molar-refractivity contribution in [3.63, 3.8) is 0 Å². The molecule has 6 nitrogen and oxygen atoms in total. The molecule has 2 amide bonds. The number of primary amides is 1. The summed E-state index contributed by atoms with van der Waals surface area (Å²) in [6.07, 6.45) is 1.23. The predicted octanol–water partition coefficient (Wildman–Crippen LogP) is 4.06. The van der Waals surface area contributed by atoms with Crippen LogP contribution in [0.2, 0.25) is 0 Å². The first-order chi connectivity index (χ1) is 18.1. The van der Waals surface area contributed by atoms with Gasteiger partial charge in [-0.1, -0.05) is 80.6 Å². The highest BCUT2D eigenvalue weighted by atomic mass is 16.5. The molecule has 0 fully saturated rings.